The molecule has 3 aromatic carbocycles. The Hall–Kier alpha value is -2.93. The molecule has 1 aliphatic heterocycles. The Balaban J connectivity index is 1.37. The summed E-state index contributed by atoms with van der Waals surface area (Å²) in [4.78, 5) is 20.1. The zero-order chi connectivity index (χ0) is 23.7. The van der Waals surface area contributed by atoms with E-state index in [1.807, 2.05) is 24.3 Å². The number of piperidine rings is 1. The van der Waals surface area contributed by atoms with Crippen LogP contribution in [0.3, 0.4) is 0 Å². The maximum atomic E-state index is 13.6. The van der Waals surface area contributed by atoms with Gasteiger partial charge >= 0.3 is 0 Å². The molecule has 1 aliphatic rings. The lowest BCUT2D eigenvalue weighted by molar-refractivity contribution is -0.121. The highest BCUT2D eigenvalue weighted by atomic mass is 35.5. The van der Waals surface area contributed by atoms with Crippen molar-refractivity contribution in [2.45, 2.75) is 19.4 Å². The highest BCUT2D eigenvalue weighted by molar-refractivity contribution is 6.35. The first-order chi connectivity index (χ1) is 16.5. The Morgan fingerprint density at radius 1 is 1.09 bits per heavy atom. The molecule has 0 spiro atoms. The highest BCUT2D eigenvalue weighted by Crippen LogP contribution is 2.28. The first-order valence-corrected chi connectivity index (χ1v) is 11.9. The molecule has 0 saturated carbocycles. The summed E-state index contributed by atoms with van der Waals surface area (Å²) in [5.41, 5.74) is 3.22. The van der Waals surface area contributed by atoms with Gasteiger partial charge < -0.3 is 5.32 Å². The molecule has 1 amide bonds. The van der Waals surface area contributed by atoms with Gasteiger partial charge in [-0.3, -0.25) is 14.3 Å². The van der Waals surface area contributed by atoms with Crippen LogP contribution in [-0.2, 0) is 11.3 Å². The topological polar surface area (TPSA) is 50.2 Å². The highest BCUT2D eigenvalue weighted by Gasteiger charge is 2.27. The second-order valence-electron chi connectivity index (χ2n) is 8.52. The molecule has 5 nitrogen and oxygen atoms in total. The number of benzene rings is 3. The molecule has 1 fully saturated rings. The number of halogens is 3. The molecule has 0 unspecified atom stereocenters. The van der Waals surface area contributed by atoms with Crippen LogP contribution in [0.4, 0.5) is 10.1 Å². The smallest absolute Gasteiger partial charge is 0.228 e. The van der Waals surface area contributed by atoms with Crippen molar-refractivity contribution in [3.63, 3.8) is 0 Å². The summed E-state index contributed by atoms with van der Waals surface area (Å²) >= 11 is 12.3. The molecule has 1 N–H and O–H groups in total. The van der Waals surface area contributed by atoms with Crippen LogP contribution in [0.2, 0.25) is 10.0 Å². The van der Waals surface area contributed by atoms with Crippen LogP contribution in [0.15, 0.2) is 66.7 Å². The van der Waals surface area contributed by atoms with E-state index in [4.69, 9.17) is 28.2 Å². The molecule has 5 rings (SSSR count). The Morgan fingerprint density at radius 2 is 1.88 bits per heavy atom. The first kappa shape index (κ1) is 22.8. The second-order valence-corrected chi connectivity index (χ2v) is 9.36. The molecule has 34 heavy (non-hydrogen) atoms. The summed E-state index contributed by atoms with van der Waals surface area (Å²) in [5.74, 6) is 0.333. The van der Waals surface area contributed by atoms with E-state index >= 15 is 0 Å². The fourth-order valence-electron chi connectivity index (χ4n) is 4.50. The van der Waals surface area contributed by atoms with E-state index in [1.165, 1.54) is 12.1 Å². The summed E-state index contributed by atoms with van der Waals surface area (Å²) in [6, 6.07) is 19.4. The number of amides is 1. The number of para-hydroxylation sites is 2. The van der Waals surface area contributed by atoms with Gasteiger partial charge in [0, 0.05) is 17.3 Å². The van der Waals surface area contributed by atoms with E-state index in [2.05, 4.69) is 14.8 Å². The molecule has 1 aromatic heterocycles. The number of anilines is 1. The molecular weight excluding hydrogens is 474 g/mol. The second kappa shape index (κ2) is 9.74. The Morgan fingerprint density at radius 3 is 2.71 bits per heavy atom. The van der Waals surface area contributed by atoms with E-state index < -0.39 is 0 Å². The number of rotatable bonds is 5. The summed E-state index contributed by atoms with van der Waals surface area (Å²) in [5, 5.41) is 3.91. The van der Waals surface area contributed by atoms with Crippen LogP contribution in [0.5, 0.6) is 0 Å². The summed E-state index contributed by atoms with van der Waals surface area (Å²) in [7, 11) is 0. The molecule has 1 saturated heterocycles. The minimum Gasteiger partial charge on any atom is -0.324 e. The van der Waals surface area contributed by atoms with Gasteiger partial charge in [-0.2, -0.15) is 0 Å². The van der Waals surface area contributed by atoms with E-state index in [9.17, 15) is 9.18 Å². The van der Waals surface area contributed by atoms with E-state index in [-0.39, 0.29) is 17.6 Å². The van der Waals surface area contributed by atoms with Crippen molar-refractivity contribution in [3.8, 4) is 5.69 Å². The van der Waals surface area contributed by atoms with E-state index in [1.54, 1.807) is 30.3 Å². The molecule has 4 aromatic rings. The monoisotopic (exact) mass is 496 g/mol. The maximum absolute atomic E-state index is 13.6. The predicted molar refractivity (Wildman–Crippen MR) is 134 cm³/mol. The lowest BCUT2D eigenvalue weighted by atomic mass is 9.97. The van der Waals surface area contributed by atoms with Crippen LogP contribution < -0.4 is 5.32 Å². The fourth-order valence-corrected chi connectivity index (χ4v) is 4.84. The normalized spacial score (nSPS) is 16.6. The lowest BCUT2D eigenvalue weighted by Crippen LogP contribution is -2.40. The number of carbonyl (C=O) groups is 1. The Bertz CT molecular complexity index is 1340. The summed E-state index contributed by atoms with van der Waals surface area (Å²) in [6.07, 6.45) is 1.70. The minimum atomic E-state index is -0.278. The molecule has 8 heteroatoms. The van der Waals surface area contributed by atoms with Gasteiger partial charge in [0.25, 0.3) is 0 Å². The van der Waals surface area contributed by atoms with Gasteiger partial charge in [0.05, 0.1) is 34.2 Å². The first-order valence-electron chi connectivity index (χ1n) is 11.2. The molecule has 0 aliphatic carbocycles. The van der Waals surface area contributed by atoms with E-state index in [0.29, 0.717) is 28.8 Å². The predicted octanol–water partition coefficient (Wildman–Crippen LogP) is 6.32. The number of aromatic nitrogens is 2. The minimum absolute atomic E-state index is 0.0686. The number of likely N-dealkylation sites (tertiary alicyclic amines) is 1. The third-order valence-corrected chi connectivity index (χ3v) is 6.71. The van der Waals surface area contributed by atoms with Gasteiger partial charge in [0.2, 0.25) is 5.91 Å². The lowest BCUT2D eigenvalue weighted by Gasteiger charge is -2.32. The molecule has 174 valence electrons. The third kappa shape index (κ3) is 4.80. The molecule has 0 radical (unpaired) electrons. The SMILES string of the molecule is O=C(Nc1cc(Cl)ccc1Cl)[C@@H]1CCCN(Cc2nc3ccccc3n2-c2ccc(F)cc2)C1. The van der Waals surface area contributed by atoms with Gasteiger partial charge in [-0.1, -0.05) is 35.3 Å². The van der Waals surface area contributed by atoms with Crippen LogP contribution in [0, 0.1) is 11.7 Å². The standard InChI is InChI=1S/C26H23Cl2FN4O/c27-18-7-12-21(28)23(14-18)31-26(34)17-4-3-13-32(15-17)16-25-30-22-5-1-2-6-24(22)33(25)20-10-8-19(29)9-11-20/h1-2,5-12,14,17H,3-4,13,15-16H2,(H,31,34)/t17-/m1/s1. The molecular formula is C26H23Cl2FN4O. The van der Waals surface area contributed by atoms with E-state index in [0.717, 1.165) is 41.9 Å². The maximum Gasteiger partial charge on any atom is 0.228 e. The Labute approximate surface area is 207 Å². The zero-order valence-electron chi connectivity index (χ0n) is 18.3. The van der Waals surface area contributed by atoms with Gasteiger partial charge in [-0.15, -0.1) is 0 Å². The third-order valence-electron chi connectivity index (χ3n) is 6.14. The quantitative estimate of drug-likeness (QED) is 0.351. The summed E-state index contributed by atoms with van der Waals surface area (Å²) < 4.78 is 15.6. The van der Waals surface area contributed by atoms with Crippen molar-refractivity contribution in [2.24, 2.45) is 5.92 Å². The van der Waals surface area contributed by atoms with Gasteiger partial charge in [0.15, 0.2) is 0 Å². The number of carbonyl (C=O) groups excluding carboxylic acids is 1. The number of fused-ring (bicyclic) bond motifs is 1. The zero-order valence-corrected chi connectivity index (χ0v) is 19.9. The number of hydrogen-bond donors (Lipinski definition) is 1. The van der Waals surface area contributed by atoms with Gasteiger partial charge in [0.1, 0.15) is 11.6 Å². The van der Waals surface area contributed by atoms with Crippen LogP contribution in [0.1, 0.15) is 18.7 Å². The van der Waals surface area contributed by atoms with Crippen molar-refractivity contribution in [3.05, 3.63) is 88.4 Å². The Kier molecular flexibility index (Phi) is 6.55. The number of nitrogens with zero attached hydrogens (tertiary/aromatic N) is 3. The largest absolute Gasteiger partial charge is 0.324 e. The average molecular weight is 497 g/mol. The summed E-state index contributed by atoms with van der Waals surface area (Å²) in [6.45, 7) is 2.05. The van der Waals surface area contributed by atoms with Gasteiger partial charge in [-0.05, 0) is 74.0 Å². The van der Waals surface area contributed by atoms with Crippen molar-refractivity contribution >= 4 is 45.8 Å². The van der Waals surface area contributed by atoms with Crippen molar-refractivity contribution < 1.29 is 9.18 Å². The molecule has 2 heterocycles. The average Bonchev–Trinajstić information content (AvgIpc) is 3.20. The van der Waals surface area contributed by atoms with Crippen LogP contribution in [0.25, 0.3) is 16.7 Å². The van der Waals surface area contributed by atoms with Crippen molar-refractivity contribution in [1.29, 1.82) is 0 Å². The van der Waals surface area contributed by atoms with Crippen molar-refractivity contribution in [2.75, 3.05) is 18.4 Å². The van der Waals surface area contributed by atoms with Crippen molar-refractivity contribution in [1.82, 2.24) is 14.5 Å². The van der Waals surface area contributed by atoms with Crippen LogP contribution in [-0.4, -0.2) is 33.4 Å². The van der Waals surface area contributed by atoms with Gasteiger partial charge in [-0.25, -0.2) is 9.37 Å². The molecule has 1 atom stereocenters. The number of nitrogens with one attached hydrogen (secondary N) is 1. The number of hydrogen-bond acceptors (Lipinski definition) is 3. The fraction of sp³-hybridized carbons (Fsp3) is 0.231. The van der Waals surface area contributed by atoms with Crippen LogP contribution >= 0.6 is 23.2 Å². The molecule has 0 bridgehead atoms. The number of imidazole rings is 1.